The number of hydrogen-bond donors (Lipinski definition) is 3. The zero-order valence-electron chi connectivity index (χ0n) is 19.8. The fourth-order valence-electron chi connectivity index (χ4n) is 3.39. The largest absolute Gasteiger partial charge is 0.508 e. The zero-order valence-corrected chi connectivity index (χ0v) is 19.8. The first-order valence-corrected chi connectivity index (χ1v) is 11.2. The SMILES string of the molecule is O=C(O)c1cc(O)ccc1C(=O)Oc1ccc(Oc2ccc(OOCc3ccccc3COO)cc2)cc1. The highest BCUT2D eigenvalue weighted by Gasteiger charge is 2.19. The minimum absolute atomic E-state index is 0.0407. The summed E-state index contributed by atoms with van der Waals surface area (Å²) in [7, 11) is 0. The molecule has 4 aromatic carbocycles. The van der Waals surface area contributed by atoms with Gasteiger partial charge in [0.05, 0.1) is 11.1 Å². The van der Waals surface area contributed by atoms with Crippen molar-refractivity contribution in [1.29, 1.82) is 0 Å². The Hall–Kier alpha value is -4.90. The third-order valence-electron chi connectivity index (χ3n) is 5.26. The quantitative estimate of drug-likeness (QED) is 0.0994. The lowest BCUT2D eigenvalue weighted by molar-refractivity contribution is -0.253. The molecular formula is C28H22O10. The summed E-state index contributed by atoms with van der Waals surface area (Å²) in [6.07, 6.45) is 0. The van der Waals surface area contributed by atoms with E-state index in [9.17, 15) is 19.8 Å². The van der Waals surface area contributed by atoms with Crippen LogP contribution in [0, 0.1) is 0 Å². The smallest absolute Gasteiger partial charge is 0.344 e. The van der Waals surface area contributed by atoms with Crippen LogP contribution >= 0.6 is 0 Å². The van der Waals surface area contributed by atoms with E-state index in [1.807, 2.05) is 24.3 Å². The molecule has 0 heterocycles. The van der Waals surface area contributed by atoms with E-state index in [0.717, 1.165) is 17.2 Å². The number of phenolic OH excluding ortho intramolecular Hbond substituents is 1. The summed E-state index contributed by atoms with van der Waals surface area (Å²) in [4.78, 5) is 38.6. The molecule has 0 amide bonds. The summed E-state index contributed by atoms with van der Waals surface area (Å²) in [5.74, 6) is -0.901. The van der Waals surface area contributed by atoms with Gasteiger partial charge in [0.1, 0.15) is 36.2 Å². The number of benzene rings is 4. The molecule has 194 valence electrons. The van der Waals surface area contributed by atoms with Crippen LogP contribution < -0.4 is 14.4 Å². The van der Waals surface area contributed by atoms with Gasteiger partial charge in [-0.05, 0) is 77.9 Å². The molecule has 4 aromatic rings. The van der Waals surface area contributed by atoms with E-state index in [-0.39, 0.29) is 35.8 Å². The molecule has 0 atom stereocenters. The number of rotatable bonds is 11. The molecule has 3 N–H and O–H groups in total. The summed E-state index contributed by atoms with van der Waals surface area (Å²) < 4.78 is 11.0. The van der Waals surface area contributed by atoms with Crippen molar-refractivity contribution in [3.63, 3.8) is 0 Å². The van der Waals surface area contributed by atoms with Gasteiger partial charge in [0, 0.05) is 0 Å². The summed E-state index contributed by atoms with van der Waals surface area (Å²) in [6.45, 7) is 0.193. The number of aromatic hydroxyl groups is 1. The van der Waals surface area contributed by atoms with Crippen LogP contribution in [0.25, 0.3) is 0 Å². The molecule has 0 saturated heterocycles. The van der Waals surface area contributed by atoms with Crippen molar-refractivity contribution in [2.45, 2.75) is 13.2 Å². The topological polar surface area (TPSA) is 141 Å². The second-order valence-corrected chi connectivity index (χ2v) is 7.86. The lowest BCUT2D eigenvalue weighted by atomic mass is 10.1. The number of carbonyl (C=O) groups is 2. The van der Waals surface area contributed by atoms with Crippen LogP contribution in [0.5, 0.6) is 28.7 Å². The highest BCUT2D eigenvalue weighted by Crippen LogP contribution is 2.27. The van der Waals surface area contributed by atoms with Gasteiger partial charge in [-0.3, -0.25) is 5.26 Å². The maximum atomic E-state index is 12.4. The number of aromatic carboxylic acids is 1. The van der Waals surface area contributed by atoms with Gasteiger partial charge < -0.3 is 24.6 Å². The molecule has 0 aliphatic carbocycles. The number of carbonyl (C=O) groups excluding carboxylic acids is 1. The summed E-state index contributed by atoms with van der Waals surface area (Å²) in [6, 6.07) is 23.5. The molecule has 0 spiro atoms. The molecular weight excluding hydrogens is 496 g/mol. The fraction of sp³-hybridized carbons (Fsp3) is 0.0714. The van der Waals surface area contributed by atoms with Crippen LogP contribution in [0.1, 0.15) is 31.8 Å². The minimum atomic E-state index is -1.36. The Labute approximate surface area is 216 Å². The monoisotopic (exact) mass is 518 g/mol. The van der Waals surface area contributed by atoms with Crippen LogP contribution in [0.4, 0.5) is 0 Å². The Morgan fingerprint density at radius 2 is 1.26 bits per heavy atom. The lowest BCUT2D eigenvalue weighted by Gasteiger charge is -2.10. The molecule has 0 unspecified atom stereocenters. The highest BCUT2D eigenvalue weighted by atomic mass is 17.2. The highest BCUT2D eigenvalue weighted by molar-refractivity contribution is 6.03. The first-order chi connectivity index (χ1) is 18.4. The predicted molar refractivity (Wildman–Crippen MR) is 132 cm³/mol. The Bertz CT molecular complexity index is 1400. The molecule has 0 aromatic heterocycles. The maximum Gasteiger partial charge on any atom is 0.344 e. The van der Waals surface area contributed by atoms with Crippen LogP contribution in [0.3, 0.4) is 0 Å². The Balaban J connectivity index is 1.30. The van der Waals surface area contributed by atoms with Crippen molar-refractivity contribution in [1.82, 2.24) is 0 Å². The van der Waals surface area contributed by atoms with Crippen LogP contribution in [-0.2, 0) is 23.0 Å². The summed E-state index contributed by atoms with van der Waals surface area (Å²) in [5.41, 5.74) is 1.02. The number of esters is 1. The molecule has 10 nitrogen and oxygen atoms in total. The number of hydrogen-bond acceptors (Lipinski definition) is 9. The van der Waals surface area contributed by atoms with Gasteiger partial charge in [0.2, 0.25) is 0 Å². The second kappa shape index (κ2) is 12.4. The van der Waals surface area contributed by atoms with Crippen molar-refractivity contribution >= 4 is 11.9 Å². The Morgan fingerprint density at radius 3 is 1.87 bits per heavy atom. The average molecular weight is 518 g/mol. The van der Waals surface area contributed by atoms with Crippen LogP contribution in [0.2, 0.25) is 0 Å². The van der Waals surface area contributed by atoms with E-state index in [0.29, 0.717) is 17.2 Å². The van der Waals surface area contributed by atoms with Gasteiger partial charge in [0.25, 0.3) is 0 Å². The Morgan fingerprint density at radius 1 is 0.684 bits per heavy atom. The first-order valence-electron chi connectivity index (χ1n) is 11.2. The fourth-order valence-corrected chi connectivity index (χ4v) is 3.39. The van der Waals surface area contributed by atoms with Gasteiger partial charge in [-0.1, -0.05) is 24.3 Å². The van der Waals surface area contributed by atoms with Gasteiger partial charge in [-0.15, -0.1) is 0 Å². The lowest BCUT2D eigenvalue weighted by Crippen LogP contribution is -2.14. The number of carboxylic acid groups (broad SMARTS) is 1. The van der Waals surface area contributed by atoms with Crippen LogP contribution in [0.15, 0.2) is 91.0 Å². The van der Waals surface area contributed by atoms with Crippen molar-refractivity contribution < 1.29 is 49.2 Å². The van der Waals surface area contributed by atoms with E-state index in [1.54, 1.807) is 36.4 Å². The molecule has 0 aliphatic heterocycles. The van der Waals surface area contributed by atoms with Crippen molar-refractivity contribution in [3.05, 3.63) is 113 Å². The molecule has 10 heteroatoms. The summed E-state index contributed by atoms with van der Waals surface area (Å²) >= 11 is 0. The number of phenols is 1. The third-order valence-corrected chi connectivity index (χ3v) is 5.26. The molecule has 0 aliphatic rings. The molecule has 0 fully saturated rings. The third kappa shape index (κ3) is 6.86. The van der Waals surface area contributed by atoms with Crippen molar-refractivity contribution in [3.8, 4) is 28.7 Å². The molecule has 0 radical (unpaired) electrons. The first kappa shape index (κ1) is 26.2. The minimum Gasteiger partial charge on any atom is -0.508 e. The van der Waals surface area contributed by atoms with Crippen LogP contribution in [-0.4, -0.2) is 27.4 Å². The van der Waals surface area contributed by atoms with E-state index >= 15 is 0 Å². The predicted octanol–water partition coefficient (Wildman–Crippen LogP) is 5.60. The van der Waals surface area contributed by atoms with E-state index in [4.69, 9.17) is 24.5 Å². The van der Waals surface area contributed by atoms with E-state index in [2.05, 4.69) is 4.89 Å². The summed E-state index contributed by atoms with van der Waals surface area (Å²) in [5, 5.41) is 27.4. The van der Waals surface area contributed by atoms with Crippen molar-refractivity contribution in [2.75, 3.05) is 0 Å². The van der Waals surface area contributed by atoms with Gasteiger partial charge in [-0.25, -0.2) is 14.5 Å². The normalized spacial score (nSPS) is 10.6. The van der Waals surface area contributed by atoms with E-state index < -0.39 is 11.9 Å². The van der Waals surface area contributed by atoms with Gasteiger partial charge in [-0.2, -0.15) is 4.89 Å². The Kier molecular flexibility index (Phi) is 8.52. The molecule has 38 heavy (non-hydrogen) atoms. The number of carboxylic acids is 1. The molecule has 0 saturated carbocycles. The van der Waals surface area contributed by atoms with E-state index in [1.165, 1.54) is 24.3 Å². The number of ether oxygens (including phenoxy) is 2. The molecule has 0 bridgehead atoms. The average Bonchev–Trinajstić information content (AvgIpc) is 2.92. The second-order valence-electron chi connectivity index (χ2n) is 7.86. The maximum absolute atomic E-state index is 12.4. The molecule has 4 rings (SSSR count). The zero-order chi connectivity index (χ0) is 26.9. The van der Waals surface area contributed by atoms with Crippen molar-refractivity contribution in [2.24, 2.45) is 0 Å². The standard InChI is InChI=1S/C28H22O10/c29-20-5-14-25(26(15-20)27(30)31)28(32)37-23-8-6-21(7-9-23)36-22-10-12-24(13-11-22)38-35-17-19-4-2-1-3-18(19)16-34-33/h1-15,29,33H,16-17H2,(H,30,31). The van der Waals surface area contributed by atoms with Gasteiger partial charge >= 0.3 is 11.9 Å². The van der Waals surface area contributed by atoms with Gasteiger partial charge in [0.15, 0.2) is 5.75 Å².